The van der Waals surface area contributed by atoms with Crippen LogP contribution in [0.2, 0.25) is 0 Å². The second-order valence-corrected chi connectivity index (χ2v) is 21.9. The van der Waals surface area contributed by atoms with Crippen molar-refractivity contribution in [2.75, 3.05) is 5.32 Å². The summed E-state index contributed by atoms with van der Waals surface area (Å²) in [6.45, 7) is 30.6. The van der Waals surface area contributed by atoms with Gasteiger partial charge in [-0.2, -0.15) is 0 Å². The van der Waals surface area contributed by atoms with Gasteiger partial charge < -0.3 is 10.7 Å². The monoisotopic (exact) mass is 1030 g/mol. The normalized spacial score (nSPS) is 16.5. The summed E-state index contributed by atoms with van der Waals surface area (Å²) in [5.74, 6) is 0.994. The highest BCUT2D eigenvalue weighted by Crippen LogP contribution is 2.53. The van der Waals surface area contributed by atoms with Crippen LogP contribution >= 0.6 is 0 Å². The average Bonchev–Trinajstić information content (AvgIpc) is 3.78. The summed E-state index contributed by atoms with van der Waals surface area (Å²) in [6, 6.07) is 52.8. The number of nitrogens with one attached hydrogen (secondary N) is 2. The summed E-state index contributed by atoms with van der Waals surface area (Å²) in [7, 11) is 0. The van der Waals surface area contributed by atoms with Gasteiger partial charge in [-0.25, -0.2) is 0 Å². The molecule has 0 radical (unpaired) electrons. The fourth-order valence-corrected chi connectivity index (χ4v) is 12.2. The molecule has 0 aliphatic heterocycles. The van der Waals surface area contributed by atoms with E-state index in [1.54, 1.807) is 0 Å². The first-order valence-electron chi connectivity index (χ1n) is 29.3. The number of benzene rings is 7. The predicted octanol–water partition coefficient (Wildman–Crippen LogP) is 20.0. The highest BCUT2D eigenvalue weighted by Gasteiger charge is 2.42. The molecule has 7 aromatic rings. The highest BCUT2D eigenvalue weighted by atomic mass is 14.9. The molecule has 7 aromatic carbocycles. The number of hydrogen-bond acceptors (Lipinski definition) is 2. The minimum Gasteiger partial charge on any atom is -0.355 e. The molecule has 2 aliphatic rings. The Kier molecular flexibility index (Phi) is 22.5. The zero-order valence-electron chi connectivity index (χ0n) is 50.1. The minimum absolute atomic E-state index is 0.158. The van der Waals surface area contributed by atoms with Gasteiger partial charge in [0.05, 0.1) is 5.71 Å². The third kappa shape index (κ3) is 15.4. The molecule has 1 saturated carbocycles. The van der Waals surface area contributed by atoms with Crippen molar-refractivity contribution in [3.63, 3.8) is 0 Å². The number of rotatable bonds is 15. The lowest BCUT2D eigenvalue weighted by Gasteiger charge is -2.31. The fourth-order valence-electron chi connectivity index (χ4n) is 12.2. The van der Waals surface area contributed by atoms with Gasteiger partial charge in [-0.05, 0) is 163 Å². The van der Waals surface area contributed by atoms with E-state index in [0.29, 0.717) is 5.71 Å². The van der Waals surface area contributed by atoms with Gasteiger partial charge in [0.15, 0.2) is 0 Å². The Hall–Kier alpha value is -6.97. The van der Waals surface area contributed by atoms with Gasteiger partial charge in [-0.15, -0.1) is 0 Å². The van der Waals surface area contributed by atoms with Crippen molar-refractivity contribution in [3.05, 3.63) is 255 Å². The maximum absolute atomic E-state index is 8.98. The van der Waals surface area contributed by atoms with E-state index < -0.39 is 0 Å². The summed E-state index contributed by atoms with van der Waals surface area (Å²) in [5.41, 5.74) is 23.2. The van der Waals surface area contributed by atoms with Crippen LogP contribution in [0.25, 0.3) is 16.3 Å². The third-order valence-electron chi connectivity index (χ3n) is 16.0. The molecule has 404 valence electrons. The van der Waals surface area contributed by atoms with E-state index in [1.807, 2.05) is 58.0 Å². The molecular formula is C75H91BN2. The molecule has 0 heterocycles. The third-order valence-corrected chi connectivity index (χ3v) is 16.0. The van der Waals surface area contributed by atoms with Crippen molar-refractivity contribution in [1.29, 1.82) is 5.41 Å². The number of aryl methyl sites for hydroxylation is 7. The van der Waals surface area contributed by atoms with Crippen LogP contribution < -0.4 is 16.2 Å². The van der Waals surface area contributed by atoms with Crippen LogP contribution in [0.3, 0.4) is 0 Å². The van der Waals surface area contributed by atoms with Gasteiger partial charge in [0.25, 0.3) is 0 Å². The standard InChI is InChI=1S/C64H71BN2.C7H8.2C2H6/c1-10-16-57(65(62-47(6)37-43(2)38-48(62)7)63-49(8)39-44(3)40-50(63)9)21-13-17-45(4)46(5)18-14-23-60(66)54-29-27-52(28-30-54)55-26-25-51-35-36-64(41-51,42-55)56-31-33-58(34-32-56)67-61-24-15-20-53-19-11-12-22-59(53)61;1-7-5-3-2-4-6-7;2*1-2/h11-15,17-24,26-34,37-40,45,51,66-67H,10,16,25,35-36,41-42H2,1-9H3;2-6H,1H3;2*1-2H3/b17-13-,23-14-,46-18+,57-21+,66-60?;;;. The molecule has 3 atom stereocenters. The van der Waals surface area contributed by atoms with E-state index in [2.05, 4.69) is 232 Å². The largest absolute Gasteiger partial charge is 0.355 e. The van der Waals surface area contributed by atoms with Crippen molar-refractivity contribution in [2.45, 2.75) is 147 Å². The van der Waals surface area contributed by atoms with Crippen LogP contribution in [0.4, 0.5) is 11.4 Å². The summed E-state index contributed by atoms with van der Waals surface area (Å²) in [4.78, 5) is 0. The topological polar surface area (TPSA) is 35.9 Å². The number of hydrogen-bond donors (Lipinski definition) is 2. The lowest BCUT2D eigenvalue weighted by Crippen LogP contribution is -2.49. The Bertz CT molecular complexity index is 3130. The Morgan fingerprint density at radius 2 is 1.27 bits per heavy atom. The smallest absolute Gasteiger partial charge is 0.238 e. The number of allylic oxidation sites excluding steroid dienone is 10. The first-order valence-corrected chi connectivity index (χ1v) is 29.3. The van der Waals surface area contributed by atoms with Crippen molar-refractivity contribution in [3.8, 4) is 0 Å². The van der Waals surface area contributed by atoms with Crippen LogP contribution in [0, 0.1) is 65.7 Å². The Morgan fingerprint density at radius 3 is 1.86 bits per heavy atom. The lowest BCUT2D eigenvalue weighted by molar-refractivity contribution is 0.433. The summed E-state index contributed by atoms with van der Waals surface area (Å²) >= 11 is 0. The molecule has 0 saturated heterocycles. The molecule has 0 aromatic heterocycles. The van der Waals surface area contributed by atoms with Crippen molar-refractivity contribution in [2.24, 2.45) is 11.8 Å². The van der Waals surface area contributed by atoms with Crippen LogP contribution in [0.15, 0.2) is 199 Å². The van der Waals surface area contributed by atoms with E-state index >= 15 is 0 Å². The van der Waals surface area contributed by atoms with Crippen LogP contribution in [0.5, 0.6) is 0 Å². The van der Waals surface area contributed by atoms with Gasteiger partial charge >= 0.3 is 0 Å². The van der Waals surface area contributed by atoms with Crippen molar-refractivity contribution < 1.29 is 0 Å². The van der Waals surface area contributed by atoms with Crippen LogP contribution in [-0.4, -0.2) is 12.4 Å². The van der Waals surface area contributed by atoms with Crippen molar-refractivity contribution >= 4 is 51.1 Å². The molecule has 2 bridgehead atoms. The zero-order valence-corrected chi connectivity index (χ0v) is 50.1. The lowest BCUT2D eigenvalue weighted by atomic mass is 9.33. The zero-order chi connectivity index (χ0) is 56.4. The van der Waals surface area contributed by atoms with Crippen molar-refractivity contribution in [1.82, 2.24) is 0 Å². The molecule has 0 amide bonds. The maximum atomic E-state index is 8.98. The highest BCUT2D eigenvalue weighted by molar-refractivity contribution is 6.92. The average molecular weight is 1030 g/mol. The molecule has 2 N–H and O–H groups in total. The number of fused-ring (bicyclic) bond motifs is 3. The van der Waals surface area contributed by atoms with Gasteiger partial charge in [-0.3, -0.25) is 0 Å². The quantitative estimate of drug-likeness (QED) is 0.0599. The minimum atomic E-state index is 0.158. The van der Waals surface area contributed by atoms with Gasteiger partial charge in [0.2, 0.25) is 6.71 Å². The van der Waals surface area contributed by atoms with E-state index in [-0.39, 0.29) is 18.0 Å². The second-order valence-electron chi connectivity index (χ2n) is 21.9. The molecule has 3 unspecified atom stereocenters. The molecule has 2 aliphatic carbocycles. The Morgan fingerprint density at radius 1 is 0.679 bits per heavy atom. The van der Waals surface area contributed by atoms with E-state index in [4.69, 9.17) is 5.41 Å². The van der Waals surface area contributed by atoms with E-state index in [9.17, 15) is 0 Å². The Balaban J connectivity index is 0.000000812. The maximum Gasteiger partial charge on any atom is 0.238 e. The van der Waals surface area contributed by atoms with Gasteiger partial charge in [-0.1, -0.05) is 273 Å². The molecule has 0 spiro atoms. The van der Waals surface area contributed by atoms with Crippen LogP contribution in [-0.2, 0) is 5.41 Å². The molecule has 1 fully saturated rings. The summed E-state index contributed by atoms with van der Waals surface area (Å²) < 4.78 is 0. The van der Waals surface area contributed by atoms with E-state index in [0.717, 1.165) is 48.5 Å². The second kappa shape index (κ2) is 29.1. The Labute approximate surface area is 473 Å². The van der Waals surface area contributed by atoms with Crippen LogP contribution in [0.1, 0.15) is 149 Å². The molecule has 9 rings (SSSR count). The first-order chi connectivity index (χ1) is 37.7. The van der Waals surface area contributed by atoms with Gasteiger partial charge in [0.1, 0.15) is 0 Å². The number of anilines is 2. The molecule has 78 heavy (non-hydrogen) atoms. The molecule has 3 heteroatoms. The SMILES string of the molecule is CC.CC.CCC/C(=C\C=C/C(C)/C(C)=C/C=C\C(=N)c1ccc(C2=CCC3CCC(c4ccc(Nc5cccc6ccccc56)cc4)(C2)C3)cc1)B(c1c(C)cc(C)cc1C)c1c(C)cc(C)cc1C.Cc1ccccc1. The van der Waals surface area contributed by atoms with E-state index in [1.165, 1.54) is 108 Å². The summed E-state index contributed by atoms with van der Waals surface area (Å²) in [5, 5.41) is 15.2. The summed E-state index contributed by atoms with van der Waals surface area (Å²) in [6.07, 6.45) is 23.8. The predicted molar refractivity (Wildman–Crippen MR) is 348 cm³/mol. The molecule has 2 nitrogen and oxygen atoms in total. The fraction of sp³-hybridized carbons (Fsp3) is 0.320. The first kappa shape index (κ1) is 60.3. The molecular weight excluding hydrogens is 940 g/mol. The van der Waals surface area contributed by atoms with Gasteiger partial charge in [0, 0.05) is 16.8 Å².